The first-order chi connectivity index (χ1) is 6.15. The molecule has 0 bridgehead atoms. The summed E-state index contributed by atoms with van der Waals surface area (Å²) in [5.74, 6) is -0.277. The van der Waals surface area contributed by atoms with Gasteiger partial charge in [-0.25, -0.2) is 0 Å². The lowest BCUT2D eigenvalue weighted by molar-refractivity contribution is -0.150. The second-order valence-corrected chi connectivity index (χ2v) is 3.45. The van der Waals surface area contributed by atoms with E-state index in [1.807, 2.05) is 0 Å². The minimum atomic E-state index is -0.690. The highest BCUT2D eigenvalue weighted by Crippen LogP contribution is 2.36. The molecule has 74 valence electrons. The molecular formula is C9H15NO3. The van der Waals surface area contributed by atoms with E-state index in [1.54, 1.807) is 13.8 Å². The predicted octanol–water partition coefficient (Wildman–Crippen LogP) is 1.57. The molecule has 0 heterocycles. The fourth-order valence-electron chi connectivity index (χ4n) is 1.70. The van der Waals surface area contributed by atoms with Crippen molar-refractivity contribution in [3.63, 3.8) is 0 Å². The minimum absolute atomic E-state index is 0.277. The van der Waals surface area contributed by atoms with Crippen LogP contribution in [0.5, 0.6) is 0 Å². The van der Waals surface area contributed by atoms with E-state index in [9.17, 15) is 4.79 Å². The summed E-state index contributed by atoms with van der Waals surface area (Å²) in [4.78, 5) is 11.5. The molecule has 1 aliphatic carbocycles. The lowest BCUT2D eigenvalue weighted by Crippen LogP contribution is -2.33. The number of hydrogen-bond donors (Lipinski definition) is 1. The highest BCUT2D eigenvalue weighted by molar-refractivity contribution is 6.07. The molecule has 0 aliphatic heterocycles. The summed E-state index contributed by atoms with van der Waals surface area (Å²) in [5, 5.41) is 11.9. The number of hydrogen-bond acceptors (Lipinski definition) is 4. The summed E-state index contributed by atoms with van der Waals surface area (Å²) in [7, 11) is 0. The molecule has 1 N–H and O–H groups in total. The lowest BCUT2D eigenvalue weighted by atomic mass is 9.87. The van der Waals surface area contributed by atoms with Gasteiger partial charge in [-0.05, 0) is 33.1 Å². The highest BCUT2D eigenvalue weighted by atomic mass is 16.5. The Morgan fingerprint density at radius 1 is 1.77 bits per heavy atom. The van der Waals surface area contributed by atoms with Crippen molar-refractivity contribution in [1.82, 2.24) is 0 Å². The Morgan fingerprint density at radius 2 is 2.46 bits per heavy atom. The average molecular weight is 185 g/mol. The third-order valence-electron chi connectivity index (χ3n) is 2.57. The highest BCUT2D eigenvalue weighted by Gasteiger charge is 2.44. The number of oxime groups is 1. The van der Waals surface area contributed by atoms with Crippen molar-refractivity contribution >= 4 is 11.7 Å². The first-order valence-electron chi connectivity index (χ1n) is 4.53. The predicted molar refractivity (Wildman–Crippen MR) is 47.8 cm³/mol. The fourth-order valence-corrected chi connectivity index (χ4v) is 1.70. The van der Waals surface area contributed by atoms with Gasteiger partial charge in [0, 0.05) is 0 Å². The van der Waals surface area contributed by atoms with Crippen LogP contribution in [0.15, 0.2) is 5.16 Å². The summed E-state index contributed by atoms with van der Waals surface area (Å²) in [6.07, 6.45) is 2.28. The summed E-state index contributed by atoms with van der Waals surface area (Å²) in [5.41, 5.74) is -0.143. The first-order valence-corrected chi connectivity index (χ1v) is 4.53. The molecule has 4 heteroatoms. The van der Waals surface area contributed by atoms with Gasteiger partial charge in [0.2, 0.25) is 0 Å². The number of carbonyl (C=O) groups is 1. The van der Waals surface area contributed by atoms with Crippen molar-refractivity contribution in [2.24, 2.45) is 10.6 Å². The molecule has 1 aliphatic rings. The van der Waals surface area contributed by atoms with Crippen LogP contribution < -0.4 is 0 Å². The van der Waals surface area contributed by atoms with Crippen molar-refractivity contribution in [3.8, 4) is 0 Å². The molecular weight excluding hydrogens is 170 g/mol. The molecule has 0 radical (unpaired) electrons. The standard InChI is InChI=1S/C9H15NO3/c1-3-13-8(11)9(2)6-4-5-7(9)10-12/h12H,3-6H2,1-2H3. The number of esters is 1. The van der Waals surface area contributed by atoms with Crippen LogP contribution in [0.3, 0.4) is 0 Å². The molecule has 0 aromatic rings. The topological polar surface area (TPSA) is 58.9 Å². The van der Waals surface area contributed by atoms with E-state index in [-0.39, 0.29) is 5.97 Å². The molecule has 1 saturated carbocycles. The van der Waals surface area contributed by atoms with Crippen molar-refractivity contribution in [2.45, 2.75) is 33.1 Å². The molecule has 1 unspecified atom stereocenters. The zero-order valence-electron chi connectivity index (χ0n) is 8.04. The molecule has 1 atom stereocenters. The third-order valence-corrected chi connectivity index (χ3v) is 2.57. The number of rotatable bonds is 2. The van der Waals surface area contributed by atoms with Crippen molar-refractivity contribution in [3.05, 3.63) is 0 Å². The van der Waals surface area contributed by atoms with Gasteiger partial charge < -0.3 is 9.94 Å². The van der Waals surface area contributed by atoms with Gasteiger partial charge >= 0.3 is 5.97 Å². The van der Waals surface area contributed by atoms with Crippen LogP contribution in [0.2, 0.25) is 0 Å². The number of carbonyl (C=O) groups excluding carboxylic acids is 1. The Balaban J connectivity index is 2.80. The Kier molecular flexibility index (Phi) is 2.90. The summed E-state index contributed by atoms with van der Waals surface area (Å²) in [6.45, 7) is 3.91. The Labute approximate surface area is 77.6 Å². The van der Waals surface area contributed by atoms with E-state index in [0.717, 1.165) is 6.42 Å². The quantitative estimate of drug-likeness (QED) is 0.403. The van der Waals surface area contributed by atoms with E-state index < -0.39 is 5.41 Å². The summed E-state index contributed by atoms with van der Waals surface area (Å²) < 4.78 is 4.93. The Bertz CT molecular complexity index is 237. The molecule has 0 spiro atoms. The smallest absolute Gasteiger partial charge is 0.317 e. The second kappa shape index (κ2) is 3.77. The second-order valence-electron chi connectivity index (χ2n) is 3.45. The van der Waals surface area contributed by atoms with Gasteiger partial charge in [-0.2, -0.15) is 0 Å². The van der Waals surface area contributed by atoms with E-state index in [4.69, 9.17) is 9.94 Å². The SMILES string of the molecule is CCOC(=O)C1(C)CCCC1=NO. The largest absolute Gasteiger partial charge is 0.465 e. The van der Waals surface area contributed by atoms with Crippen molar-refractivity contribution < 1.29 is 14.7 Å². The molecule has 0 aromatic carbocycles. The molecule has 0 amide bonds. The molecule has 0 saturated heterocycles. The molecule has 1 fully saturated rings. The normalized spacial score (nSPS) is 30.8. The Morgan fingerprint density at radius 3 is 3.00 bits per heavy atom. The maximum absolute atomic E-state index is 11.5. The fraction of sp³-hybridized carbons (Fsp3) is 0.778. The van der Waals surface area contributed by atoms with Crippen LogP contribution in [-0.2, 0) is 9.53 Å². The third kappa shape index (κ3) is 1.66. The van der Waals surface area contributed by atoms with Gasteiger partial charge in [0.15, 0.2) is 0 Å². The summed E-state index contributed by atoms with van der Waals surface area (Å²) in [6, 6.07) is 0. The lowest BCUT2D eigenvalue weighted by Gasteiger charge is -2.20. The van der Waals surface area contributed by atoms with E-state index >= 15 is 0 Å². The van der Waals surface area contributed by atoms with Crippen LogP contribution in [0.25, 0.3) is 0 Å². The monoisotopic (exact) mass is 185 g/mol. The van der Waals surface area contributed by atoms with E-state index in [1.165, 1.54) is 0 Å². The van der Waals surface area contributed by atoms with Gasteiger partial charge in [0.25, 0.3) is 0 Å². The zero-order chi connectivity index (χ0) is 9.90. The molecule has 4 nitrogen and oxygen atoms in total. The van der Waals surface area contributed by atoms with Gasteiger partial charge in [-0.3, -0.25) is 4.79 Å². The summed E-state index contributed by atoms with van der Waals surface area (Å²) >= 11 is 0. The van der Waals surface area contributed by atoms with Crippen LogP contribution in [-0.4, -0.2) is 23.5 Å². The van der Waals surface area contributed by atoms with Crippen LogP contribution in [0.1, 0.15) is 33.1 Å². The van der Waals surface area contributed by atoms with E-state index in [0.29, 0.717) is 25.2 Å². The van der Waals surface area contributed by atoms with E-state index in [2.05, 4.69) is 5.16 Å². The molecule has 13 heavy (non-hydrogen) atoms. The van der Waals surface area contributed by atoms with Gasteiger partial charge in [-0.15, -0.1) is 0 Å². The number of ether oxygens (including phenoxy) is 1. The zero-order valence-corrected chi connectivity index (χ0v) is 8.04. The van der Waals surface area contributed by atoms with Crippen LogP contribution >= 0.6 is 0 Å². The molecule has 0 aromatic heterocycles. The van der Waals surface area contributed by atoms with Gasteiger partial charge in [-0.1, -0.05) is 5.16 Å². The van der Waals surface area contributed by atoms with Gasteiger partial charge in [0.1, 0.15) is 5.41 Å². The van der Waals surface area contributed by atoms with Gasteiger partial charge in [0.05, 0.1) is 12.3 Å². The van der Waals surface area contributed by atoms with Crippen molar-refractivity contribution in [1.29, 1.82) is 0 Å². The molecule has 1 rings (SSSR count). The van der Waals surface area contributed by atoms with Crippen LogP contribution in [0, 0.1) is 5.41 Å². The maximum Gasteiger partial charge on any atom is 0.317 e. The maximum atomic E-state index is 11.5. The first kappa shape index (κ1) is 10.0. The van der Waals surface area contributed by atoms with Crippen molar-refractivity contribution in [2.75, 3.05) is 6.61 Å². The van der Waals surface area contributed by atoms with Crippen LogP contribution in [0.4, 0.5) is 0 Å². The number of nitrogens with zero attached hydrogens (tertiary/aromatic N) is 1. The average Bonchev–Trinajstić information content (AvgIpc) is 2.48. The Hall–Kier alpha value is -1.06. The minimum Gasteiger partial charge on any atom is -0.465 e.